The van der Waals surface area contributed by atoms with Crippen molar-refractivity contribution < 1.29 is 5.11 Å². The molecule has 0 amide bonds. The van der Waals surface area contributed by atoms with Crippen molar-refractivity contribution in [3.63, 3.8) is 0 Å². The van der Waals surface area contributed by atoms with E-state index < -0.39 is 0 Å². The second-order valence-corrected chi connectivity index (χ2v) is 6.70. The Bertz CT molecular complexity index is 705. The van der Waals surface area contributed by atoms with Crippen LogP contribution < -0.4 is 0 Å². The molecule has 1 aliphatic heterocycles. The summed E-state index contributed by atoms with van der Waals surface area (Å²) in [5, 5.41) is 10.3. The van der Waals surface area contributed by atoms with Gasteiger partial charge in [0.2, 0.25) is 0 Å². The van der Waals surface area contributed by atoms with Crippen molar-refractivity contribution in [3.8, 4) is 0 Å². The number of benzene rings is 3. The van der Waals surface area contributed by atoms with Crippen molar-refractivity contribution in [2.24, 2.45) is 0 Å². The van der Waals surface area contributed by atoms with Crippen LogP contribution in [0.4, 0.5) is 0 Å². The smallest absolute Gasteiger partial charge is 0.0973 e. The van der Waals surface area contributed by atoms with Gasteiger partial charge in [-0.25, -0.2) is 0 Å². The molecule has 1 atom stereocenters. The molecule has 1 saturated heterocycles. The third-order valence-electron chi connectivity index (χ3n) is 5.21. The molecule has 2 heteroatoms. The van der Waals surface area contributed by atoms with Crippen LogP contribution in [0.25, 0.3) is 0 Å². The van der Waals surface area contributed by atoms with Crippen molar-refractivity contribution in [3.05, 3.63) is 108 Å². The monoisotopic (exact) mass is 329 g/mol. The van der Waals surface area contributed by atoms with Gasteiger partial charge in [0.15, 0.2) is 0 Å². The quantitative estimate of drug-likeness (QED) is 0.730. The lowest BCUT2D eigenvalue weighted by molar-refractivity contribution is 0.141. The van der Waals surface area contributed by atoms with Gasteiger partial charge in [0.25, 0.3) is 0 Å². The van der Waals surface area contributed by atoms with Gasteiger partial charge in [-0.2, -0.15) is 0 Å². The lowest BCUT2D eigenvalue weighted by Gasteiger charge is -2.43. The third kappa shape index (κ3) is 2.78. The first kappa shape index (κ1) is 16.1. The van der Waals surface area contributed by atoms with E-state index in [1.165, 1.54) is 16.7 Å². The molecule has 0 aromatic heterocycles. The van der Waals surface area contributed by atoms with E-state index in [-0.39, 0.29) is 11.6 Å². The maximum absolute atomic E-state index is 10.3. The Morgan fingerprint density at radius 2 is 1.08 bits per heavy atom. The van der Waals surface area contributed by atoms with E-state index in [2.05, 4.69) is 95.9 Å². The predicted molar refractivity (Wildman–Crippen MR) is 101 cm³/mol. The molecule has 4 rings (SSSR count). The van der Waals surface area contributed by atoms with Crippen LogP contribution in [-0.4, -0.2) is 29.2 Å². The molecule has 0 aliphatic carbocycles. The standard InChI is InChI=1S/C23H23NO/c25-22-16-17-24(18-22)23(19-10-4-1-5-11-19,20-12-6-2-7-13-20)21-14-8-3-9-15-21/h1-15,22,25H,16-18H2/t22-/m1/s1. The van der Waals surface area contributed by atoms with Crippen LogP contribution in [0.1, 0.15) is 23.1 Å². The van der Waals surface area contributed by atoms with Gasteiger partial charge in [-0.1, -0.05) is 91.0 Å². The molecule has 0 unspecified atom stereocenters. The summed E-state index contributed by atoms with van der Waals surface area (Å²) in [6, 6.07) is 32.0. The van der Waals surface area contributed by atoms with Crippen LogP contribution in [0.3, 0.4) is 0 Å². The highest BCUT2D eigenvalue weighted by atomic mass is 16.3. The number of rotatable bonds is 4. The highest BCUT2D eigenvalue weighted by Crippen LogP contribution is 2.43. The van der Waals surface area contributed by atoms with E-state index in [0.717, 1.165) is 13.0 Å². The number of aliphatic hydroxyl groups excluding tert-OH is 1. The molecule has 1 fully saturated rings. The molecule has 1 heterocycles. The maximum Gasteiger partial charge on any atom is 0.0973 e. The highest BCUT2D eigenvalue weighted by Gasteiger charge is 2.44. The zero-order valence-corrected chi connectivity index (χ0v) is 14.3. The molecule has 25 heavy (non-hydrogen) atoms. The Labute approximate surface area is 149 Å². The Morgan fingerprint density at radius 3 is 1.40 bits per heavy atom. The van der Waals surface area contributed by atoms with Gasteiger partial charge in [-0.3, -0.25) is 4.90 Å². The summed E-state index contributed by atoms with van der Waals surface area (Å²) < 4.78 is 0. The molecular weight excluding hydrogens is 306 g/mol. The van der Waals surface area contributed by atoms with E-state index >= 15 is 0 Å². The summed E-state index contributed by atoms with van der Waals surface area (Å²) in [5.41, 5.74) is 3.32. The lowest BCUT2D eigenvalue weighted by atomic mass is 9.75. The van der Waals surface area contributed by atoms with Crippen molar-refractivity contribution >= 4 is 0 Å². The predicted octanol–water partition coefficient (Wildman–Crippen LogP) is 4.05. The topological polar surface area (TPSA) is 23.5 Å². The van der Waals surface area contributed by atoms with Crippen LogP contribution in [0.2, 0.25) is 0 Å². The van der Waals surface area contributed by atoms with Gasteiger partial charge in [0.1, 0.15) is 0 Å². The van der Waals surface area contributed by atoms with Crippen LogP contribution in [0, 0.1) is 0 Å². The summed E-state index contributed by atoms with van der Waals surface area (Å²) in [6.07, 6.45) is 0.546. The Morgan fingerprint density at radius 1 is 0.680 bits per heavy atom. The Kier molecular flexibility index (Phi) is 4.39. The number of hydrogen-bond donors (Lipinski definition) is 1. The average Bonchev–Trinajstić information content (AvgIpc) is 3.12. The molecule has 3 aromatic rings. The number of β-amino-alcohol motifs (C(OH)–C–C–N with tert-alkyl or cyclic N) is 1. The van der Waals surface area contributed by atoms with Gasteiger partial charge in [-0.05, 0) is 23.1 Å². The average molecular weight is 329 g/mol. The fourth-order valence-electron chi connectivity index (χ4n) is 4.13. The van der Waals surface area contributed by atoms with Crippen LogP contribution >= 0.6 is 0 Å². The summed E-state index contributed by atoms with van der Waals surface area (Å²) in [4.78, 5) is 2.43. The Hall–Kier alpha value is -2.42. The van der Waals surface area contributed by atoms with Crippen LogP contribution in [-0.2, 0) is 5.54 Å². The molecule has 0 spiro atoms. The summed E-state index contributed by atoms with van der Waals surface area (Å²) >= 11 is 0. The van der Waals surface area contributed by atoms with Gasteiger partial charge < -0.3 is 5.11 Å². The van der Waals surface area contributed by atoms with Crippen molar-refractivity contribution in [2.45, 2.75) is 18.1 Å². The zero-order chi connectivity index (χ0) is 17.1. The normalized spacial score (nSPS) is 18.4. The first-order valence-electron chi connectivity index (χ1n) is 8.91. The minimum atomic E-state index is -0.388. The van der Waals surface area contributed by atoms with Gasteiger partial charge in [0.05, 0.1) is 11.6 Å². The summed E-state index contributed by atoms with van der Waals surface area (Å²) in [6.45, 7) is 1.55. The van der Waals surface area contributed by atoms with Crippen molar-refractivity contribution in [1.29, 1.82) is 0 Å². The highest BCUT2D eigenvalue weighted by molar-refractivity contribution is 5.49. The van der Waals surface area contributed by atoms with Gasteiger partial charge in [-0.15, -0.1) is 0 Å². The molecule has 1 N–H and O–H groups in total. The second kappa shape index (κ2) is 6.83. The second-order valence-electron chi connectivity index (χ2n) is 6.70. The molecule has 126 valence electrons. The zero-order valence-electron chi connectivity index (χ0n) is 14.3. The molecule has 0 bridgehead atoms. The molecule has 1 aliphatic rings. The first-order chi connectivity index (χ1) is 12.3. The van der Waals surface area contributed by atoms with Gasteiger partial charge >= 0.3 is 0 Å². The van der Waals surface area contributed by atoms with Crippen molar-refractivity contribution in [2.75, 3.05) is 13.1 Å². The molecule has 0 saturated carbocycles. The Balaban J connectivity index is 2.01. The van der Waals surface area contributed by atoms with Gasteiger partial charge in [0, 0.05) is 13.1 Å². The number of nitrogens with zero attached hydrogens (tertiary/aromatic N) is 1. The fourth-order valence-corrected chi connectivity index (χ4v) is 4.13. The minimum absolute atomic E-state index is 0.268. The SMILES string of the molecule is O[C@@H]1CCN(C(c2ccccc2)(c2ccccc2)c2ccccc2)C1. The lowest BCUT2D eigenvalue weighted by Crippen LogP contribution is -2.47. The number of aliphatic hydroxyl groups is 1. The maximum atomic E-state index is 10.3. The molecular formula is C23H23NO. The van der Waals surface area contributed by atoms with E-state index in [0.29, 0.717) is 6.54 Å². The third-order valence-corrected chi connectivity index (χ3v) is 5.21. The number of likely N-dealkylation sites (tertiary alicyclic amines) is 1. The van der Waals surface area contributed by atoms with Crippen LogP contribution in [0.15, 0.2) is 91.0 Å². The van der Waals surface area contributed by atoms with E-state index in [4.69, 9.17) is 0 Å². The fraction of sp³-hybridized carbons (Fsp3) is 0.217. The van der Waals surface area contributed by atoms with Crippen LogP contribution in [0.5, 0.6) is 0 Å². The van der Waals surface area contributed by atoms with E-state index in [9.17, 15) is 5.11 Å². The number of hydrogen-bond acceptors (Lipinski definition) is 2. The van der Waals surface area contributed by atoms with E-state index in [1.54, 1.807) is 0 Å². The minimum Gasteiger partial charge on any atom is -0.392 e. The first-order valence-corrected chi connectivity index (χ1v) is 8.91. The molecule has 3 aromatic carbocycles. The van der Waals surface area contributed by atoms with Crippen molar-refractivity contribution in [1.82, 2.24) is 4.90 Å². The van der Waals surface area contributed by atoms with E-state index in [1.807, 2.05) is 0 Å². The largest absolute Gasteiger partial charge is 0.392 e. The summed E-state index contributed by atoms with van der Waals surface area (Å²) in [7, 11) is 0. The summed E-state index contributed by atoms with van der Waals surface area (Å²) in [5.74, 6) is 0. The molecule has 0 radical (unpaired) electrons. The molecule has 2 nitrogen and oxygen atoms in total.